The second-order valence-corrected chi connectivity index (χ2v) is 6.87. The first-order valence-corrected chi connectivity index (χ1v) is 7.37. The topological polar surface area (TPSA) is 6.48 Å². The van der Waals surface area contributed by atoms with Crippen LogP contribution in [0.4, 0.5) is 0 Å². The van der Waals surface area contributed by atoms with Gasteiger partial charge in [0.05, 0.1) is 0 Å². The van der Waals surface area contributed by atoms with Gasteiger partial charge < -0.3 is 4.90 Å². The summed E-state index contributed by atoms with van der Waals surface area (Å²) in [6.45, 7) is 8.91. The van der Waals surface area contributed by atoms with E-state index in [4.69, 9.17) is 0 Å². The molecule has 2 nitrogen and oxygen atoms in total. The van der Waals surface area contributed by atoms with E-state index in [9.17, 15) is 0 Å². The molecule has 1 saturated carbocycles. The van der Waals surface area contributed by atoms with Gasteiger partial charge >= 0.3 is 0 Å². The number of likely N-dealkylation sites (tertiary alicyclic amines) is 2. The minimum absolute atomic E-state index is 0.693. The van der Waals surface area contributed by atoms with Crippen LogP contribution in [0.3, 0.4) is 0 Å². The molecule has 3 rings (SSSR count). The highest BCUT2D eigenvalue weighted by molar-refractivity contribution is 7.80. The summed E-state index contributed by atoms with van der Waals surface area (Å²) < 4.78 is 0. The van der Waals surface area contributed by atoms with Crippen molar-refractivity contribution in [1.29, 1.82) is 0 Å². The summed E-state index contributed by atoms with van der Waals surface area (Å²) in [4.78, 5) is 5.27. The van der Waals surface area contributed by atoms with E-state index < -0.39 is 0 Å². The first-order valence-electron chi connectivity index (χ1n) is 6.85. The van der Waals surface area contributed by atoms with Crippen LogP contribution in [0.5, 0.6) is 0 Å². The first-order chi connectivity index (χ1) is 7.71. The van der Waals surface area contributed by atoms with Gasteiger partial charge in [0.2, 0.25) is 0 Å². The van der Waals surface area contributed by atoms with Crippen molar-refractivity contribution in [3.05, 3.63) is 0 Å². The molecule has 2 saturated heterocycles. The molecule has 3 aliphatic rings. The molecule has 0 N–H and O–H groups in total. The monoisotopic (exact) mass is 240 g/mol. The Kier molecular flexibility index (Phi) is 2.97. The zero-order valence-electron chi connectivity index (χ0n) is 10.4. The van der Waals surface area contributed by atoms with Crippen LogP contribution in [-0.2, 0) is 0 Å². The van der Waals surface area contributed by atoms with Gasteiger partial charge in [0.1, 0.15) is 0 Å². The van der Waals surface area contributed by atoms with E-state index in [-0.39, 0.29) is 0 Å². The minimum atomic E-state index is 0.693. The van der Waals surface area contributed by atoms with Crippen LogP contribution in [-0.4, -0.2) is 53.8 Å². The summed E-state index contributed by atoms with van der Waals surface area (Å²) in [6, 6.07) is 0.888. The van der Waals surface area contributed by atoms with Gasteiger partial charge in [-0.05, 0) is 37.6 Å². The zero-order valence-corrected chi connectivity index (χ0v) is 11.3. The quantitative estimate of drug-likeness (QED) is 0.736. The van der Waals surface area contributed by atoms with Crippen LogP contribution < -0.4 is 0 Å². The average molecular weight is 240 g/mol. The van der Waals surface area contributed by atoms with Gasteiger partial charge in [0, 0.05) is 37.5 Å². The molecule has 0 amide bonds. The second-order valence-electron chi connectivity index (χ2n) is 6.14. The van der Waals surface area contributed by atoms with E-state index in [1.165, 1.54) is 58.4 Å². The molecule has 0 aromatic carbocycles. The van der Waals surface area contributed by atoms with Crippen molar-refractivity contribution in [1.82, 2.24) is 9.80 Å². The predicted octanol–water partition coefficient (Wildman–Crippen LogP) is 1.86. The summed E-state index contributed by atoms with van der Waals surface area (Å²) in [5, 5.41) is 0.693. The molecule has 3 heteroatoms. The molecule has 0 unspecified atom stereocenters. The molecule has 1 spiro atoms. The van der Waals surface area contributed by atoms with Gasteiger partial charge in [0.25, 0.3) is 0 Å². The maximum atomic E-state index is 4.60. The molecule has 2 aliphatic heterocycles. The van der Waals surface area contributed by atoms with Crippen LogP contribution >= 0.6 is 12.6 Å². The van der Waals surface area contributed by atoms with Crippen LogP contribution in [0.1, 0.15) is 32.6 Å². The smallest absolute Gasteiger partial charge is 0.0350 e. The number of thiol groups is 1. The predicted molar refractivity (Wildman–Crippen MR) is 71.2 cm³/mol. The van der Waals surface area contributed by atoms with E-state index in [0.29, 0.717) is 10.7 Å². The first kappa shape index (κ1) is 11.4. The van der Waals surface area contributed by atoms with Crippen molar-refractivity contribution in [3.8, 4) is 0 Å². The SMILES string of the molecule is CCN1CC(N2CC3(CCC(S)CC3)C2)C1. The van der Waals surface area contributed by atoms with Gasteiger partial charge in [-0.3, -0.25) is 4.90 Å². The number of hydrogen-bond acceptors (Lipinski definition) is 3. The molecule has 1 aliphatic carbocycles. The highest BCUT2D eigenvalue weighted by Crippen LogP contribution is 2.46. The van der Waals surface area contributed by atoms with Gasteiger partial charge in [-0.15, -0.1) is 0 Å². The molecular formula is C13H24N2S. The van der Waals surface area contributed by atoms with Crippen molar-refractivity contribution in [3.63, 3.8) is 0 Å². The van der Waals surface area contributed by atoms with Gasteiger partial charge in [-0.25, -0.2) is 0 Å². The highest BCUT2D eigenvalue weighted by Gasteiger charge is 2.48. The third-order valence-corrected chi connectivity index (χ3v) is 5.51. The molecule has 3 fully saturated rings. The maximum absolute atomic E-state index is 4.60. The molecular weight excluding hydrogens is 216 g/mol. The lowest BCUT2D eigenvalue weighted by molar-refractivity contribution is -0.0936. The Balaban J connectivity index is 1.44. The third-order valence-electron chi connectivity index (χ3n) is 4.99. The van der Waals surface area contributed by atoms with Crippen LogP contribution in [0.25, 0.3) is 0 Å². The lowest BCUT2D eigenvalue weighted by atomic mass is 9.67. The van der Waals surface area contributed by atoms with E-state index in [1.54, 1.807) is 0 Å². The number of rotatable bonds is 2. The van der Waals surface area contributed by atoms with E-state index in [2.05, 4.69) is 29.4 Å². The molecule has 0 aromatic heterocycles. The normalized spacial score (nSPS) is 32.6. The summed E-state index contributed by atoms with van der Waals surface area (Å²) in [5.74, 6) is 0. The Morgan fingerprint density at radius 1 is 1.19 bits per heavy atom. The molecule has 0 bridgehead atoms. The second kappa shape index (κ2) is 4.18. The Hall–Kier alpha value is 0.270. The fraction of sp³-hybridized carbons (Fsp3) is 1.00. The van der Waals surface area contributed by atoms with Crippen LogP contribution in [0.15, 0.2) is 0 Å². The highest BCUT2D eigenvalue weighted by atomic mass is 32.1. The fourth-order valence-corrected chi connectivity index (χ4v) is 3.89. The van der Waals surface area contributed by atoms with Crippen molar-refractivity contribution < 1.29 is 0 Å². The minimum Gasteiger partial charge on any atom is -0.300 e. The van der Waals surface area contributed by atoms with Gasteiger partial charge in [0.15, 0.2) is 0 Å². The Labute approximate surface area is 105 Å². The average Bonchev–Trinajstić information content (AvgIpc) is 2.17. The van der Waals surface area contributed by atoms with Crippen LogP contribution in [0.2, 0.25) is 0 Å². The molecule has 0 radical (unpaired) electrons. The van der Waals surface area contributed by atoms with Crippen LogP contribution in [0, 0.1) is 5.41 Å². The van der Waals surface area contributed by atoms with Gasteiger partial charge in [-0.1, -0.05) is 6.92 Å². The molecule has 0 aromatic rings. The Morgan fingerprint density at radius 3 is 2.38 bits per heavy atom. The standard InChI is InChI=1S/C13H24N2S/c1-2-14-7-11(8-14)15-9-13(10-15)5-3-12(16)4-6-13/h11-12,16H,2-10H2,1H3. The molecule has 0 atom stereocenters. The van der Waals surface area contributed by atoms with Crippen molar-refractivity contribution in [2.75, 3.05) is 32.7 Å². The van der Waals surface area contributed by atoms with Crippen molar-refractivity contribution >= 4 is 12.6 Å². The number of nitrogens with zero attached hydrogens (tertiary/aromatic N) is 2. The summed E-state index contributed by atoms with van der Waals surface area (Å²) in [5.41, 5.74) is 0.714. The molecule has 92 valence electrons. The fourth-order valence-electron chi connectivity index (χ4n) is 3.64. The van der Waals surface area contributed by atoms with Gasteiger partial charge in [-0.2, -0.15) is 12.6 Å². The lowest BCUT2D eigenvalue weighted by Gasteiger charge is -2.59. The van der Waals surface area contributed by atoms with Crippen molar-refractivity contribution in [2.24, 2.45) is 5.41 Å². The largest absolute Gasteiger partial charge is 0.300 e. The van der Waals surface area contributed by atoms with E-state index >= 15 is 0 Å². The lowest BCUT2D eigenvalue weighted by Crippen LogP contribution is -2.69. The van der Waals surface area contributed by atoms with E-state index in [0.717, 1.165) is 6.04 Å². The Bertz CT molecular complexity index is 247. The Morgan fingerprint density at radius 2 is 1.81 bits per heavy atom. The maximum Gasteiger partial charge on any atom is 0.0350 e. The molecule has 16 heavy (non-hydrogen) atoms. The third kappa shape index (κ3) is 1.91. The summed E-state index contributed by atoms with van der Waals surface area (Å²) >= 11 is 4.60. The number of likely N-dealkylation sites (N-methyl/N-ethyl adjacent to an activating group) is 1. The zero-order chi connectivity index (χ0) is 11.2. The van der Waals surface area contributed by atoms with Crippen molar-refractivity contribution in [2.45, 2.75) is 43.9 Å². The summed E-state index contributed by atoms with van der Waals surface area (Å²) in [6.07, 6.45) is 5.56. The number of hydrogen-bond donors (Lipinski definition) is 1. The van der Waals surface area contributed by atoms with E-state index in [1.807, 2.05) is 0 Å². The summed E-state index contributed by atoms with van der Waals surface area (Å²) in [7, 11) is 0. The molecule has 2 heterocycles.